The molecular weight excluding hydrogens is 417 g/mol. The fourth-order valence-corrected chi connectivity index (χ4v) is 1.88. The van der Waals surface area contributed by atoms with Crippen molar-refractivity contribution in [3.63, 3.8) is 0 Å². The summed E-state index contributed by atoms with van der Waals surface area (Å²) >= 11 is 0. The lowest BCUT2D eigenvalue weighted by Crippen LogP contribution is -2.51. The van der Waals surface area contributed by atoms with Gasteiger partial charge in [-0.05, 0) is 0 Å². The molecule has 0 aromatic carbocycles. The first-order valence-corrected chi connectivity index (χ1v) is 7.28. The van der Waals surface area contributed by atoms with E-state index >= 15 is 0 Å². The van der Waals surface area contributed by atoms with Crippen LogP contribution in [0, 0.1) is 11.6 Å². The summed E-state index contributed by atoms with van der Waals surface area (Å²) in [5, 5.41) is 0. The number of pyridine rings is 1. The average Bonchev–Trinajstić information content (AvgIpc) is 2.56. The van der Waals surface area contributed by atoms with Crippen molar-refractivity contribution in [3.05, 3.63) is 17.2 Å². The Labute approximate surface area is 152 Å². The van der Waals surface area contributed by atoms with E-state index in [1.54, 1.807) is 0 Å². The third kappa shape index (κ3) is 4.71. The van der Waals surface area contributed by atoms with Gasteiger partial charge in [0, 0.05) is 14.2 Å². The molecule has 0 atom stereocenters. The standard InChI is InChI=1S/C14H14F9NO4/c1-25-3-5-27-10-8(15)7(9(16)11(24-10)28-6-4-26-2)12(17,13(18,19)20)14(21,22)23/h3-6H2,1-2H3. The van der Waals surface area contributed by atoms with Gasteiger partial charge in [0.15, 0.2) is 11.6 Å². The first kappa shape index (κ1) is 24.1. The lowest BCUT2D eigenvalue weighted by molar-refractivity contribution is -0.350. The Morgan fingerprint density at radius 3 is 1.32 bits per heavy atom. The van der Waals surface area contributed by atoms with E-state index < -0.39 is 60.2 Å². The lowest BCUT2D eigenvalue weighted by Gasteiger charge is -2.31. The quantitative estimate of drug-likeness (QED) is 0.441. The number of hydrogen-bond donors (Lipinski definition) is 0. The number of hydrogen-bond acceptors (Lipinski definition) is 5. The maximum Gasteiger partial charge on any atom is 0.436 e. The second-order valence-corrected chi connectivity index (χ2v) is 5.06. The highest BCUT2D eigenvalue weighted by Gasteiger charge is 2.76. The normalized spacial score (nSPS) is 13.0. The first-order valence-electron chi connectivity index (χ1n) is 7.28. The molecule has 0 amide bonds. The maximum atomic E-state index is 14.3. The van der Waals surface area contributed by atoms with Gasteiger partial charge in [0.05, 0.1) is 18.8 Å². The van der Waals surface area contributed by atoms with Gasteiger partial charge >= 0.3 is 18.0 Å². The van der Waals surface area contributed by atoms with E-state index in [0.29, 0.717) is 0 Å². The summed E-state index contributed by atoms with van der Waals surface area (Å²) in [6.45, 7) is -1.76. The Balaban J connectivity index is 3.69. The van der Waals surface area contributed by atoms with Crippen LogP contribution in [0.2, 0.25) is 0 Å². The zero-order valence-corrected chi connectivity index (χ0v) is 14.3. The van der Waals surface area contributed by atoms with Crippen LogP contribution in [0.3, 0.4) is 0 Å². The summed E-state index contributed by atoms with van der Waals surface area (Å²) in [6.07, 6.45) is -13.5. The van der Waals surface area contributed by atoms with Crippen LogP contribution >= 0.6 is 0 Å². The van der Waals surface area contributed by atoms with E-state index in [-0.39, 0.29) is 13.2 Å². The van der Waals surface area contributed by atoms with Crippen LogP contribution < -0.4 is 9.47 Å². The van der Waals surface area contributed by atoms with Crippen molar-refractivity contribution in [2.75, 3.05) is 40.6 Å². The highest BCUT2D eigenvalue weighted by molar-refractivity contribution is 5.39. The minimum atomic E-state index is -6.76. The third-order valence-corrected chi connectivity index (χ3v) is 3.20. The summed E-state index contributed by atoms with van der Waals surface area (Å²) in [5.74, 6) is -8.30. The van der Waals surface area contributed by atoms with Gasteiger partial charge < -0.3 is 18.9 Å². The van der Waals surface area contributed by atoms with Crippen LogP contribution in [0.25, 0.3) is 0 Å². The molecule has 0 bridgehead atoms. The predicted molar refractivity (Wildman–Crippen MR) is 73.8 cm³/mol. The number of methoxy groups -OCH3 is 2. The molecule has 0 radical (unpaired) electrons. The van der Waals surface area contributed by atoms with Crippen LogP contribution in [-0.4, -0.2) is 58.0 Å². The van der Waals surface area contributed by atoms with Gasteiger partial charge in [-0.3, -0.25) is 0 Å². The summed E-state index contributed by atoms with van der Waals surface area (Å²) in [4.78, 5) is 3.05. The Morgan fingerprint density at radius 2 is 1.04 bits per heavy atom. The molecule has 1 aromatic rings. The van der Waals surface area contributed by atoms with Crippen LogP contribution in [0.15, 0.2) is 0 Å². The molecule has 1 aromatic heterocycles. The third-order valence-electron chi connectivity index (χ3n) is 3.20. The number of aromatic nitrogens is 1. The van der Waals surface area contributed by atoms with Crippen molar-refractivity contribution in [2.45, 2.75) is 18.0 Å². The highest BCUT2D eigenvalue weighted by atomic mass is 19.4. The SMILES string of the molecule is COCCOc1nc(OCCOC)c(F)c(C(F)(C(F)(F)F)C(F)(F)F)c1F. The van der Waals surface area contributed by atoms with Gasteiger partial charge in [-0.25, -0.2) is 13.2 Å². The van der Waals surface area contributed by atoms with Crippen molar-refractivity contribution in [3.8, 4) is 11.8 Å². The van der Waals surface area contributed by atoms with Crippen LogP contribution in [-0.2, 0) is 15.1 Å². The number of alkyl halides is 7. The molecule has 28 heavy (non-hydrogen) atoms. The minimum Gasteiger partial charge on any atom is -0.473 e. The molecule has 0 aliphatic rings. The molecule has 0 saturated heterocycles. The van der Waals surface area contributed by atoms with Crippen molar-refractivity contribution < 1.29 is 58.5 Å². The van der Waals surface area contributed by atoms with E-state index in [9.17, 15) is 39.5 Å². The van der Waals surface area contributed by atoms with E-state index in [4.69, 9.17) is 0 Å². The van der Waals surface area contributed by atoms with Gasteiger partial charge in [0.25, 0.3) is 11.8 Å². The number of nitrogens with zero attached hydrogens (tertiary/aromatic N) is 1. The number of halogens is 9. The fraction of sp³-hybridized carbons (Fsp3) is 0.643. The predicted octanol–water partition coefficient (Wildman–Crippen LogP) is 3.70. The van der Waals surface area contributed by atoms with Gasteiger partial charge in [-0.2, -0.15) is 31.3 Å². The second-order valence-electron chi connectivity index (χ2n) is 5.06. The van der Waals surface area contributed by atoms with Crippen molar-refractivity contribution >= 4 is 0 Å². The van der Waals surface area contributed by atoms with Gasteiger partial charge in [-0.15, -0.1) is 0 Å². The zero-order chi connectivity index (χ0) is 21.8. The highest BCUT2D eigenvalue weighted by Crippen LogP contribution is 2.55. The second kappa shape index (κ2) is 9.03. The fourth-order valence-electron chi connectivity index (χ4n) is 1.88. The molecule has 162 valence electrons. The lowest BCUT2D eigenvalue weighted by atomic mass is 9.93. The van der Waals surface area contributed by atoms with Crippen molar-refractivity contribution in [2.24, 2.45) is 0 Å². The summed E-state index contributed by atoms with van der Waals surface area (Å²) in [5.41, 5.74) is -9.39. The Kier molecular flexibility index (Phi) is 7.76. The average molecular weight is 431 g/mol. The molecule has 0 unspecified atom stereocenters. The zero-order valence-electron chi connectivity index (χ0n) is 14.3. The molecule has 0 aliphatic carbocycles. The van der Waals surface area contributed by atoms with Crippen LogP contribution in [0.1, 0.15) is 5.56 Å². The monoisotopic (exact) mass is 431 g/mol. The van der Waals surface area contributed by atoms with Crippen LogP contribution in [0.5, 0.6) is 11.8 Å². The van der Waals surface area contributed by atoms with Crippen molar-refractivity contribution in [1.29, 1.82) is 0 Å². The topological polar surface area (TPSA) is 49.8 Å². The Bertz CT molecular complexity index is 615. The Hall–Kier alpha value is -1.96. The molecule has 0 aliphatic heterocycles. The molecule has 1 heterocycles. The van der Waals surface area contributed by atoms with Gasteiger partial charge in [0.1, 0.15) is 13.2 Å². The van der Waals surface area contributed by atoms with Gasteiger partial charge in [-0.1, -0.05) is 0 Å². The molecule has 14 heteroatoms. The molecule has 5 nitrogen and oxygen atoms in total. The van der Waals surface area contributed by atoms with E-state index in [0.717, 1.165) is 14.2 Å². The largest absolute Gasteiger partial charge is 0.473 e. The molecule has 0 saturated carbocycles. The van der Waals surface area contributed by atoms with Gasteiger partial charge in [0.2, 0.25) is 0 Å². The van der Waals surface area contributed by atoms with Crippen LogP contribution in [0.4, 0.5) is 39.5 Å². The van der Waals surface area contributed by atoms with E-state index in [1.807, 2.05) is 0 Å². The summed E-state index contributed by atoms with van der Waals surface area (Å²) in [6, 6.07) is 0. The molecule has 0 spiro atoms. The molecular formula is C14H14F9NO4. The van der Waals surface area contributed by atoms with E-state index in [1.165, 1.54) is 0 Å². The molecule has 0 fully saturated rings. The number of rotatable bonds is 9. The summed E-state index contributed by atoms with van der Waals surface area (Å²) < 4.78 is 139. The number of ether oxygens (including phenoxy) is 4. The minimum absolute atomic E-state index is 0.285. The molecule has 1 rings (SSSR count). The summed E-state index contributed by atoms with van der Waals surface area (Å²) in [7, 11) is 2.31. The van der Waals surface area contributed by atoms with Crippen molar-refractivity contribution in [1.82, 2.24) is 4.98 Å². The smallest absolute Gasteiger partial charge is 0.436 e. The van der Waals surface area contributed by atoms with E-state index in [2.05, 4.69) is 23.9 Å². The first-order chi connectivity index (χ1) is 12.8. The maximum absolute atomic E-state index is 14.3. The molecule has 0 N–H and O–H groups in total. The Morgan fingerprint density at radius 1 is 0.679 bits per heavy atom.